The van der Waals surface area contributed by atoms with E-state index >= 15 is 0 Å². The minimum atomic E-state index is 0.425. The Kier molecular flexibility index (Phi) is 8.66. The normalized spacial score (nSPS) is 9.25. The molecule has 0 saturated carbocycles. The quantitative estimate of drug-likeness (QED) is 0.633. The van der Waals surface area contributed by atoms with Gasteiger partial charge in [0.2, 0.25) is 0 Å². The van der Waals surface area contributed by atoms with Crippen LogP contribution in [-0.4, -0.2) is 25.2 Å². The minimum absolute atomic E-state index is 0.425. The van der Waals surface area contributed by atoms with Crippen LogP contribution in [0.4, 0.5) is 11.5 Å². The van der Waals surface area contributed by atoms with E-state index in [2.05, 4.69) is 24.1 Å². The van der Waals surface area contributed by atoms with Crippen molar-refractivity contribution < 1.29 is 4.74 Å². The fourth-order valence-electron chi connectivity index (χ4n) is 0.859. The number of anilines is 2. The molecule has 0 aliphatic rings. The number of nitrogens with one attached hydrogen (secondary N) is 1. The van der Waals surface area contributed by atoms with Crippen molar-refractivity contribution in [3.63, 3.8) is 0 Å². The van der Waals surface area contributed by atoms with E-state index in [1.54, 1.807) is 19.2 Å². The van der Waals surface area contributed by atoms with E-state index in [4.69, 9.17) is 22.1 Å². The number of nitrogens with two attached hydrogens (primary N) is 1. The molecule has 0 radical (unpaired) electrons. The van der Waals surface area contributed by atoms with Crippen molar-refractivity contribution in [1.82, 2.24) is 4.98 Å². The third-order valence-corrected chi connectivity index (χ3v) is 1.70. The molecule has 5 heteroatoms. The number of nitrogens with zero attached hydrogens (tertiary/aromatic N) is 1. The molecule has 0 aliphatic heterocycles. The Bertz CT molecular complexity index is 295. The maximum Gasteiger partial charge on any atom is 0.151 e. The highest BCUT2D eigenvalue weighted by atomic mass is 35.5. The van der Waals surface area contributed by atoms with Crippen molar-refractivity contribution in [2.45, 2.75) is 20.3 Å². The molecule has 16 heavy (non-hydrogen) atoms. The maximum absolute atomic E-state index is 5.69. The van der Waals surface area contributed by atoms with Crippen LogP contribution in [0.1, 0.15) is 20.3 Å². The van der Waals surface area contributed by atoms with Gasteiger partial charge in [-0.3, -0.25) is 0 Å². The number of methoxy groups -OCH3 is 1. The standard InChI is InChI=1S/C8H12ClN3O.C3H8/c1-13-5-4-11-8-6(10)2-3-7(9)12-8;1-3-2/h2-3H,4-5,10H2,1H3,(H,11,12);3H2,1-2H3. The van der Waals surface area contributed by atoms with Crippen LogP contribution < -0.4 is 11.1 Å². The van der Waals surface area contributed by atoms with Gasteiger partial charge in [0, 0.05) is 13.7 Å². The highest BCUT2D eigenvalue weighted by Crippen LogP contribution is 2.17. The van der Waals surface area contributed by atoms with Gasteiger partial charge >= 0.3 is 0 Å². The summed E-state index contributed by atoms with van der Waals surface area (Å²) >= 11 is 5.69. The molecule has 1 rings (SSSR count). The lowest BCUT2D eigenvalue weighted by Crippen LogP contribution is -2.10. The van der Waals surface area contributed by atoms with E-state index < -0.39 is 0 Å². The fraction of sp³-hybridized carbons (Fsp3) is 0.545. The molecule has 0 unspecified atom stereocenters. The Hall–Kier alpha value is -1.00. The van der Waals surface area contributed by atoms with E-state index in [1.165, 1.54) is 6.42 Å². The molecule has 0 amide bonds. The summed E-state index contributed by atoms with van der Waals surface area (Å²) in [6, 6.07) is 3.36. The number of aromatic nitrogens is 1. The van der Waals surface area contributed by atoms with Gasteiger partial charge in [0.05, 0.1) is 12.3 Å². The lowest BCUT2D eigenvalue weighted by Gasteiger charge is -2.07. The first kappa shape index (κ1) is 15.0. The number of rotatable bonds is 4. The highest BCUT2D eigenvalue weighted by molar-refractivity contribution is 6.29. The van der Waals surface area contributed by atoms with Crippen molar-refractivity contribution in [3.05, 3.63) is 17.3 Å². The summed E-state index contributed by atoms with van der Waals surface area (Å²) in [5.74, 6) is 0.601. The van der Waals surface area contributed by atoms with Crippen LogP contribution in [-0.2, 0) is 4.74 Å². The Labute approximate surface area is 102 Å². The lowest BCUT2D eigenvalue weighted by atomic mass is 10.4. The van der Waals surface area contributed by atoms with Crippen LogP contribution in [0, 0.1) is 0 Å². The van der Waals surface area contributed by atoms with Crippen LogP contribution in [0.2, 0.25) is 5.15 Å². The summed E-state index contributed by atoms with van der Waals surface area (Å²) in [6.45, 7) is 5.52. The topological polar surface area (TPSA) is 60.2 Å². The second-order valence-electron chi connectivity index (χ2n) is 3.20. The largest absolute Gasteiger partial charge is 0.396 e. The fourth-order valence-corrected chi connectivity index (χ4v) is 1.01. The van der Waals surface area contributed by atoms with Gasteiger partial charge < -0.3 is 15.8 Å². The third kappa shape index (κ3) is 6.48. The zero-order valence-corrected chi connectivity index (χ0v) is 10.8. The zero-order chi connectivity index (χ0) is 12.4. The molecule has 4 nitrogen and oxygen atoms in total. The molecule has 1 heterocycles. The zero-order valence-electron chi connectivity index (χ0n) is 10.1. The molecule has 1 aromatic rings. The SMILES string of the molecule is CCC.COCCNc1nc(Cl)ccc1N. The first-order valence-corrected chi connectivity index (χ1v) is 5.68. The number of hydrogen-bond acceptors (Lipinski definition) is 4. The molecule has 0 fully saturated rings. The first-order chi connectivity index (χ1) is 7.65. The monoisotopic (exact) mass is 245 g/mol. The van der Waals surface area contributed by atoms with E-state index in [0.717, 1.165) is 0 Å². The van der Waals surface area contributed by atoms with Gasteiger partial charge in [0.25, 0.3) is 0 Å². The predicted molar refractivity (Wildman–Crippen MR) is 70.0 cm³/mol. The van der Waals surface area contributed by atoms with Crippen molar-refractivity contribution in [2.75, 3.05) is 31.3 Å². The van der Waals surface area contributed by atoms with Crippen LogP contribution >= 0.6 is 11.6 Å². The molecular formula is C11H20ClN3O. The van der Waals surface area contributed by atoms with Gasteiger partial charge in [0.1, 0.15) is 5.15 Å². The molecule has 0 spiro atoms. The molecule has 0 bridgehead atoms. The summed E-state index contributed by atoms with van der Waals surface area (Å²) in [5, 5.41) is 3.43. The van der Waals surface area contributed by atoms with E-state index in [0.29, 0.717) is 29.8 Å². The average Bonchev–Trinajstić information content (AvgIpc) is 2.25. The summed E-state index contributed by atoms with van der Waals surface area (Å²) in [6.07, 6.45) is 1.25. The average molecular weight is 246 g/mol. The van der Waals surface area contributed by atoms with E-state index in [-0.39, 0.29) is 0 Å². The van der Waals surface area contributed by atoms with Crippen LogP contribution in [0.25, 0.3) is 0 Å². The Morgan fingerprint density at radius 3 is 2.62 bits per heavy atom. The van der Waals surface area contributed by atoms with Gasteiger partial charge in [-0.25, -0.2) is 4.98 Å². The molecule has 1 aromatic heterocycles. The smallest absolute Gasteiger partial charge is 0.151 e. The number of halogens is 1. The second kappa shape index (κ2) is 9.24. The van der Waals surface area contributed by atoms with Crippen molar-refractivity contribution in [2.24, 2.45) is 0 Å². The minimum Gasteiger partial charge on any atom is -0.396 e. The molecule has 0 aromatic carbocycles. The summed E-state index contributed by atoms with van der Waals surface area (Å²) < 4.78 is 4.87. The molecule has 0 saturated heterocycles. The number of nitrogen functional groups attached to an aromatic ring is 1. The van der Waals surface area contributed by atoms with Gasteiger partial charge in [0.15, 0.2) is 5.82 Å². The summed E-state index contributed by atoms with van der Waals surface area (Å²) in [5.41, 5.74) is 6.23. The number of hydrogen-bond donors (Lipinski definition) is 2. The van der Waals surface area contributed by atoms with E-state index in [1.807, 2.05) is 0 Å². The second-order valence-corrected chi connectivity index (χ2v) is 3.59. The maximum atomic E-state index is 5.69. The first-order valence-electron chi connectivity index (χ1n) is 5.30. The van der Waals surface area contributed by atoms with Gasteiger partial charge in [-0.15, -0.1) is 0 Å². The van der Waals surface area contributed by atoms with Gasteiger partial charge in [-0.1, -0.05) is 31.9 Å². The summed E-state index contributed by atoms with van der Waals surface area (Å²) in [7, 11) is 1.64. The Morgan fingerprint density at radius 2 is 2.06 bits per heavy atom. The molecule has 92 valence electrons. The van der Waals surface area contributed by atoms with Crippen molar-refractivity contribution >= 4 is 23.1 Å². The number of pyridine rings is 1. The van der Waals surface area contributed by atoms with Crippen molar-refractivity contribution in [1.29, 1.82) is 0 Å². The molecule has 3 N–H and O–H groups in total. The van der Waals surface area contributed by atoms with E-state index in [9.17, 15) is 0 Å². The Morgan fingerprint density at radius 1 is 1.44 bits per heavy atom. The number of ether oxygens (including phenoxy) is 1. The third-order valence-electron chi connectivity index (χ3n) is 1.49. The van der Waals surface area contributed by atoms with Crippen LogP contribution in [0.3, 0.4) is 0 Å². The molecule has 0 atom stereocenters. The Balaban J connectivity index is 0.000000673. The van der Waals surface area contributed by atoms with Crippen LogP contribution in [0.15, 0.2) is 12.1 Å². The van der Waals surface area contributed by atoms with Gasteiger partial charge in [-0.2, -0.15) is 0 Å². The highest BCUT2D eigenvalue weighted by Gasteiger charge is 1.99. The molecule has 0 aliphatic carbocycles. The summed E-state index contributed by atoms with van der Waals surface area (Å²) in [4.78, 5) is 4.02. The van der Waals surface area contributed by atoms with Crippen LogP contribution in [0.5, 0.6) is 0 Å². The van der Waals surface area contributed by atoms with Gasteiger partial charge in [-0.05, 0) is 12.1 Å². The van der Waals surface area contributed by atoms with Crippen molar-refractivity contribution in [3.8, 4) is 0 Å². The predicted octanol–water partition coefficient (Wildman–Crippen LogP) is 2.79. The molecular weight excluding hydrogens is 226 g/mol. The lowest BCUT2D eigenvalue weighted by molar-refractivity contribution is 0.210.